The van der Waals surface area contributed by atoms with Crippen molar-refractivity contribution in [3.05, 3.63) is 23.8 Å². The zero-order valence-corrected chi connectivity index (χ0v) is 6.96. The molecule has 0 radical (unpaired) electrons. The molecular formula is C9H11NO2. The molecule has 0 saturated carbocycles. The standard InChI is InChI=1S/C9H11NO2/c1-7(11)9(12)10-6-8-4-2-3-5-8/h2,4-5H,3,6H2,1H3,(H,10,12). The Morgan fingerprint density at radius 2 is 2.33 bits per heavy atom. The van der Waals surface area contributed by atoms with E-state index in [2.05, 4.69) is 5.32 Å². The Kier molecular flexibility index (Phi) is 2.80. The van der Waals surface area contributed by atoms with Crippen molar-refractivity contribution in [2.75, 3.05) is 6.54 Å². The first-order valence-electron chi connectivity index (χ1n) is 3.84. The Bertz CT molecular complexity index is 264. The van der Waals surface area contributed by atoms with E-state index < -0.39 is 11.7 Å². The Labute approximate surface area is 71.1 Å². The fourth-order valence-electron chi connectivity index (χ4n) is 0.945. The number of allylic oxidation sites excluding steroid dienone is 2. The molecule has 3 heteroatoms. The van der Waals surface area contributed by atoms with Gasteiger partial charge < -0.3 is 5.32 Å². The molecule has 1 aliphatic carbocycles. The van der Waals surface area contributed by atoms with E-state index in [9.17, 15) is 9.59 Å². The lowest BCUT2D eigenvalue weighted by molar-refractivity contribution is -0.136. The van der Waals surface area contributed by atoms with Gasteiger partial charge in [-0.1, -0.05) is 18.2 Å². The van der Waals surface area contributed by atoms with Gasteiger partial charge in [0, 0.05) is 13.5 Å². The average Bonchev–Trinajstić information content (AvgIpc) is 2.51. The first kappa shape index (κ1) is 8.71. The zero-order chi connectivity index (χ0) is 8.97. The van der Waals surface area contributed by atoms with Gasteiger partial charge >= 0.3 is 0 Å². The quantitative estimate of drug-likeness (QED) is 0.622. The van der Waals surface area contributed by atoms with Crippen molar-refractivity contribution in [3.8, 4) is 0 Å². The summed E-state index contributed by atoms with van der Waals surface area (Å²) in [5, 5.41) is 2.52. The van der Waals surface area contributed by atoms with Crippen LogP contribution in [0.4, 0.5) is 0 Å². The van der Waals surface area contributed by atoms with Crippen LogP contribution in [0.1, 0.15) is 13.3 Å². The average molecular weight is 165 g/mol. The second kappa shape index (κ2) is 3.85. The van der Waals surface area contributed by atoms with Gasteiger partial charge in [-0.2, -0.15) is 0 Å². The number of Topliss-reactive ketones (excluding diaryl/α,β-unsaturated/α-hetero) is 1. The highest BCUT2D eigenvalue weighted by molar-refractivity contribution is 6.35. The first-order chi connectivity index (χ1) is 5.70. The maximum absolute atomic E-state index is 10.8. The number of hydrogen-bond donors (Lipinski definition) is 1. The lowest BCUT2D eigenvalue weighted by Gasteiger charge is -2.00. The summed E-state index contributed by atoms with van der Waals surface area (Å²) in [4.78, 5) is 21.3. The van der Waals surface area contributed by atoms with E-state index in [0.717, 1.165) is 12.0 Å². The van der Waals surface area contributed by atoms with Gasteiger partial charge in [0.05, 0.1) is 0 Å². The maximum Gasteiger partial charge on any atom is 0.287 e. The Balaban J connectivity index is 2.30. The van der Waals surface area contributed by atoms with E-state index in [1.54, 1.807) is 0 Å². The normalized spacial score (nSPS) is 14.2. The summed E-state index contributed by atoms with van der Waals surface area (Å²) >= 11 is 0. The lowest BCUT2D eigenvalue weighted by Crippen LogP contribution is -2.30. The first-order valence-corrected chi connectivity index (χ1v) is 3.84. The molecule has 1 N–H and O–H groups in total. The van der Waals surface area contributed by atoms with Crippen LogP contribution in [0.5, 0.6) is 0 Å². The fraction of sp³-hybridized carbons (Fsp3) is 0.333. The number of amides is 1. The van der Waals surface area contributed by atoms with E-state index in [4.69, 9.17) is 0 Å². The number of ketones is 1. The van der Waals surface area contributed by atoms with E-state index in [0.29, 0.717) is 6.54 Å². The third kappa shape index (κ3) is 2.34. The van der Waals surface area contributed by atoms with Gasteiger partial charge in [-0.05, 0) is 12.0 Å². The molecule has 0 saturated heterocycles. The summed E-state index contributed by atoms with van der Waals surface area (Å²) < 4.78 is 0. The molecule has 0 heterocycles. The van der Waals surface area contributed by atoms with E-state index in [1.165, 1.54) is 6.92 Å². The summed E-state index contributed by atoms with van der Waals surface area (Å²) in [5.74, 6) is -0.964. The molecule has 1 amide bonds. The van der Waals surface area contributed by atoms with Crippen LogP contribution in [0.3, 0.4) is 0 Å². The molecule has 0 unspecified atom stereocenters. The minimum atomic E-state index is -0.517. The molecular weight excluding hydrogens is 154 g/mol. The number of carbonyl (C=O) groups is 2. The predicted octanol–water partition coefficient (Wildman–Crippen LogP) is 0.578. The van der Waals surface area contributed by atoms with Gasteiger partial charge in [-0.15, -0.1) is 0 Å². The highest BCUT2D eigenvalue weighted by Gasteiger charge is 2.06. The van der Waals surface area contributed by atoms with Gasteiger partial charge in [0.2, 0.25) is 5.78 Å². The zero-order valence-electron chi connectivity index (χ0n) is 6.96. The second-order valence-corrected chi connectivity index (χ2v) is 2.66. The minimum Gasteiger partial charge on any atom is -0.345 e. The van der Waals surface area contributed by atoms with Crippen LogP contribution in [-0.2, 0) is 9.59 Å². The third-order valence-electron chi connectivity index (χ3n) is 1.62. The molecule has 0 aromatic rings. The van der Waals surface area contributed by atoms with Crippen molar-refractivity contribution < 1.29 is 9.59 Å². The molecule has 1 rings (SSSR count). The summed E-state index contributed by atoms with van der Waals surface area (Å²) in [6.45, 7) is 1.71. The van der Waals surface area contributed by atoms with Crippen molar-refractivity contribution >= 4 is 11.7 Å². The third-order valence-corrected chi connectivity index (χ3v) is 1.62. The summed E-state index contributed by atoms with van der Waals surface area (Å²) in [5.41, 5.74) is 1.06. The van der Waals surface area contributed by atoms with Crippen molar-refractivity contribution in [1.29, 1.82) is 0 Å². The van der Waals surface area contributed by atoms with Crippen molar-refractivity contribution in [3.63, 3.8) is 0 Å². The summed E-state index contributed by atoms with van der Waals surface area (Å²) in [6, 6.07) is 0. The number of nitrogens with one attached hydrogen (secondary N) is 1. The number of rotatable bonds is 3. The molecule has 0 aliphatic heterocycles. The topological polar surface area (TPSA) is 46.2 Å². The van der Waals surface area contributed by atoms with Crippen LogP contribution in [-0.4, -0.2) is 18.2 Å². The summed E-state index contributed by atoms with van der Waals surface area (Å²) in [7, 11) is 0. The maximum atomic E-state index is 10.8. The van der Waals surface area contributed by atoms with Crippen molar-refractivity contribution in [2.45, 2.75) is 13.3 Å². The molecule has 1 aliphatic rings. The van der Waals surface area contributed by atoms with Crippen molar-refractivity contribution in [1.82, 2.24) is 5.32 Å². The van der Waals surface area contributed by atoms with E-state index in [1.807, 2.05) is 18.2 Å². The van der Waals surface area contributed by atoms with Gasteiger partial charge in [-0.3, -0.25) is 9.59 Å². The van der Waals surface area contributed by atoms with Crippen LogP contribution in [0, 0.1) is 0 Å². The molecule has 3 nitrogen and oxygen atoms in total. The monoisotopic (exact) mass is 165 g/mol. The second-order valence-electron chi connectivity index (χ2n) is 2.66. The van der Waals surface area contributed by atoms with Crippen LogP contribution >= 0.6 is 0 Å². The van der Waals surface area contributed by atoms with E-state index in [-0.39, 0.29) is 0 Å². The Morgan fingerprint density at radius 3 is 2.83 bits per heavy atom. The highest BCUT2D eigenvalue weighted by atomic mass is 16.2. The van der Waals surface area contributed by atoms with Crippen LogP contribution in [0.25, 0.3) is 0 Å². The largest absolute Gasteiger partial charge is 0.345 e. The molecule has 12 heavy (non-hydrogen) atoms. The number of hydrogen-bond acceptors (Lipinski definition) is 2. The predicted molar refractivity (Wildman–Crippen MR) is 45.5 cm³/mol. The lowest BCUT2D eigenvalue weighted by atomic mass is 10.3. The molecule has 0 bridgehead atoms. The minimum absolute atomic E-state index is 0.447. The number of carbonyl (C=O) groups excluding carboxylic acids is 2. The molecule has 0 fully saturated rings. The van der Waals surface area contributed by atoms with Crippen LogP contribution in [0.15, 0.2) is 23.8 Å². The Hall–Kier alpha value is -1.38. The molecule has 64 valence electrons. The fourth-order valence-corrected chi connectivity index (χ4v) is 0.945. The molecule has 0 atom stereocenters. The van der Waals surface area contributed by atoms with E-state index >= 15 is 0 Å². The summed E-state index contributed by atoms with van der Waals surface area (Å²) in [6.07, 6.45) is 6.89. The molecule has 0 aromatic heterocycles. The van der Waals surface area contributed by atoms with Crippen LogP contribution < -0.4 is 5.32 Å². The van der Waals surface area contributed by atoms with Crippen LogP contribution in [0.2, 0.25) is 0 Å². The highest BCUT2D eigenvalue weighted by Crippen LogP contribution is 2.06. The Morgan fingerprint density at radius 1 is 1.58 bits per heavy atom. The smallest absolute Gasteiger partial charge is 0.287 e. The SMILES string of the molecule is CC(=O)C(=O)NCC1=CCC=C1. The van der Waals surface area contributed by atoms with Gasteiger partial charge in [-0.25, -0.2) is 0 Å². The molecule has 0 aromatic carbocycles. The van der Waals surface area contributed by atoms with Gasteiger partial charge in [0.1, 0.15) is 0 Å². The van der Waals surface area contributed by atoms with Gasteiger partial charge in [0.15, 0.2) is 0 Å². The van der Waals surface area contributed by atoms with Gasteiger partial charge in [0.25, 0.3) is 5.91 Å². The van der Waals surface area contributed by atoms with Crippen molar-refractivity contribution in [2.24, 2.45) is 0 Å². The molecule has 0 spiro atoms.